The predicted octanol–water partition coefficient (Wildman–Crippen LogP) is 4.92. The Bertz CT molecular complexity index is 480. The second kappa shape index (κ2) is 6.80. The summed E-state index contributed by atoms with van der Waals surface area (Å²) >= 11 is 0. The van der Waals surface area contributed by atoms with E-state index in [0.29, 0.717) is 0 Å². The molecule has 0 saturated heterocycles. The van der Waals surface area contributed by atoms with Crippen molar-refractivity contribution in [1.82, 2.24) is 0 Å². The van der Waals surface area contributed by atoms with Gasteiger partial charge in [-0.05, 0) is 49.0 Å². The van der Waals surface area contributed by atoms with Gasteiger partial charge in [-0.25, -0.2) is 0 Å². The van der Waals surface area contributed by atoms with Gasteiger partial charge < -0.3 is 0 Å². The zero-order chi connectivity index (χ0) is 12.6. The molecule has 0 unspecified atom stereocenters. The lowest BCUT2D eigenvalue weighted by Gasteiger charge is -2.07. The minimum Gasteiger partial charge on any atom is -0.0622 e. The van der Waals surface area contributed by atoms with Crippen molar-refractivity contribution in [3.63, 3.8) is 0 Å². The number of aryl methyl sites for hydroxylation is 1. The molecule has 1 radical (unpaired) electrons. The number of rotatable bonds is 5. The van der Waals surface area contributed by atoms with E-state index in [1.807, 2.05) is 6.92 Å². The second-order valence-electron chi connectivity index (χ2n) is 4.43. The maximum absolute atomic E-state index is 3.32. The molecule has 0 nitrogen and oxygen atoms in total. The molecule has 2 aromatic carbocycles. The molecule has 0 aromatic heterocycles. The summed E-state index contributed by atoms with van der Waals surface area (Å²) in [7, 11) is 0. The first-order valence-electron chi connectivity index (χ1n) is 6.53. The molecule has 2 aromatic rings. The molecule has 0 spiro atoms. The first kappa shape index (κ1) is 12.6. The maximum atomic E-state index is 3.32. The van der Waals surface area contributed by atoms with Crippen LogP contribution in [0.3, 0.4) is 0 Å². The Labute approximate surface area is 110 Å². The van der Waals surface area contributed by atoms with E-state index < -0.39 is 0 Å². The molecule has 91 valence electrons. The molecule has 0 saturated carbocycles. The monoisotopic (exact) mass is 235 g/mol. The maximum Gasteiger partial charge on any atom is -0.0222 e. The summed E-state index contributed by atoms with van der Waals surface area (Å²) in [6, 6.07) is 21.2. The molecule has 0 amide bonds. The van der Waals surface area contributed by atoms with Crippen LogP contribution in [0.1, 0.15) is 30.9 Å². The third-order valence-corrected chi connectivity index (χ3v) is 3.16. The highest BCUT2D eigenvalue weighted by atomic mass is 14.1. The molecule has 0 N–H and O–H groups in total. The van der Waals surface area contributed by atoms with Crippen LogP contribution in [-0.4, -0.2) is 0 Å². The van der Waals surface area contributed by atoms with Crippen molar-refractivity contribution in [3.8, 4) is 0 Å². The van der Waals surface area contributed by atoms with Crippen LogP contribution in [0, 0.1) is 6.08 Å². The molecule has 0 aliphatic carbocycles. The quantitative estimate of drug-likeness (QED) is 0.690. The largest absolute Gasteiger partial charge is 0.0622 e. The summed E-state index contributed by atoms with van der Waals surface area (Å²) < 4.78 is 0. The van der Waals surface area contributed by atoms with E-state index in [-0.39, 0.29) is 0 Å². The van der Waals surface area contributed by atoms with Gasteiger partial charge in [0.05, 0.1) is 0 Å². The fourth-order valence-corrected chi connectivity index (χ4v) is 2.17. The molecular weight excluding hydrogens is 216 g/mol. The van der Waals surface area contributed by atoms with Crippen LogP contribution >= 0.6 is 0 Å². The zero-order valence-corrected chi connectivity index (χ0v) is 10.9. The second-order valence-corrected chi connectivity index (χ2v) is 4.43. The van der Waals surface area contributed by atoms with Gasteiger partial charge in [0.1, 0.15) is 0 Å². The van der Waals surface area contributed by atoms with Crippen molar-refractivity contribution in [2.24, 2.45) is 0 Å². The molecule has 0 heteroatoms. The Morgan fingerprint density at radius 2 is 1.50 bits per heavy atom. The topological polar surface area (TPSA) is 0 Å². The Morgan fingerprint density at radius 3 is 2.11 bits per heavy atom. The first-order chi connectivity index (χ1) is 8.90. The molecule has 0 fully saturated rings. The summed E-state index contributed by atoms with van der Waals surface area (Å²) in [4.78, 5) is 0. The summed E-state index contributed by atoms with van der Waals surface area (Å²) in [5, 5.41) is 0. The van der Waals surface area contributed by atoms with E-state index in [0.717, 1.165) is 12.8 Å². The number of hydrogen-bond acceptors (Lipinski definition) is 0. The van der Waals surface area contributed by atoms with E-state index in [4.69, 9.17) is 0 Å². The van der Waals surface area contributed by atoms with Crippen LogP contribution in [0.25, 0.3) is 5.57 Å². The smallest absolute Gasteiger partial charge is 0.0222 e. The van der Waals surface area contributed by atoms with Gasteiger partial charge in [-0.1, -0.05) is 60.7 Å². The van der Waals surface area contributed by atoms with E-state index in [1.165, 1.54) is 23.1 Å². The Hall–Kier alpha value is -1.82. The van der Waals surface area contributed by atoms with Gasteiger partial charge in [0.15, 0.2) is 0 Å². The molecule has 0 aliphatic rings. The minimum absolute atomic E-state index is 1.09. The summed E-state index contributed by atoms with van der Waals surface area (Å²) in [6.45, 7) is 2.00. The van der Waals surface area contributed by atoms with Gasteiger partial charge in [0.2, 0.25) is 0 Å². The standard InChI is InChI=1S/C18H19/c1-2-17(18-13-7-4-8-14-18)15-9-12-16-10-5-3-6-11-16/h3-8,10-11,13-14H,9,12,15H2,1H3. The summed E-state index contributed by atoms with van der Waals surface area (Å²) in [5.41, 5.74) is 4.04. The minimum atomic E-state index is 1.09. The molecule has 0 aliphatic heterocycles. The summed E-state index contributed by atoms with van der Waals surface area (Å²) in [5.74, 6) is 0. The van der Waals surface area contributed by atoms with Crippen molar-refractivity contribution in [3.05, 3.63) is 77.9 Å². The van der Waals surface area contributed by atoms with Gasteiger partial charge in [0, 0.05) is 0 Å². The Morgan fingerprint density at radius 1 is 0.889 bits per heavy atom. The fourth-order valence-electron chi connectivity index (χ4n) is 2.17. The Balaban J connectivity index is 1.90. The van der Waals surface area contributed by atoms with Crippen LogP contribution < -0.4 is 0 Å². The van der Waals surface area contributed by atoms with Crippen molar-refractivity contribution in [1.29, 1.82) is 0 Å². The number of allylic oxidation sites excluding steroid dienone is 2. The van der Waals surface area contributed by atoms with E-state index in [2.05, 4.69) is 66.7 Å². The van der Waals surface area contributed by atoms with Gasteiger partial charge in [-0.3, -0.25) is 0 Å². The van der Waals surface area contributed by atoms with Gasteiger partial charge >= 0.3 is 0 Å². The molecule has 0 atom stereocenters. The Kier molecular flexibility index (Phi) is 4.78. The SMILES string of the molecule is C[C]=C(CCCc1ccccc1)c1ccccc1. The molecule has 0 heterocycles. The average molecular weight is 235 g/mol. The van der Waals surface area contributed by atoms with Crippen LogP contribution in [0.4, 0.5) is 0 Å². The number of benzene rings is 2. The highest BCUT2D eigenvalue weighted by Gasteiger charge is 2.00. The third-order valence-electron chi connectivity index (χ3n) is 3.16. The highest BCUT2D eigenvalue weighted by Crippen LogP contribution is 2.20. The summed E-state index contributed by atoms with van der Waals surface area (Å²) in [6.07, 6.45) is 6.73. The van der Waals surface area contributed by atoms with Gasteiger partial charge in [-0.2, -0.15) is 0 Å². The van der Waals surface area contributed by atoms with E-state index in [9.17, 15) is 0 Å². The van der Waals surface area contributed by atoms with Gasteiger partial charge in [-0.15, -0.1) is 0 Å². The van der Waals surface area contributed by atoms with Crippen LogP contribution in [-0.2, 0) is 6.42 Å². The molecule has 18 heavy (non-hydrogen) atoms. The predicted molar refractivity (Wildman–Crippen MR) is 78.1 cm³/mol. The lowest BCUT2D eigenvalue weighted by Crippen LogP contribution is -1.89. The third kappa shape index (κ3) is 3.59. The average Bonchev–Trinajstić information content (AvgIpc) is 2.46. The van der Waals surface area contributed by atoms with Crippen LogP contribution in [0.15, 0.2) is 60.7 Å². The van der Waals surface area contributed by atoms with Crippen molar-refractivity contribution in [2.75, 3.05) is 0 Å². The van der Waals surface area contributed by atoms with Crippen molar-refractivity contribution in [2.45, 2.75) is 26.2 Å². The number of hydrogen-bond donors (Lipinski definition) is 0. The van der Waals surface area contributed by atoms with Gasteiger partial charge in [0.25, 0.3) is 0 Å². The molecular formula is C18H19. The fraction of sp³-hybridized carbons (Fsp3) is 0.222. The zero-order valence-electron chi connectivity index (χ0n) is 10.9. The van der Waals surface area contributed by atoms with E-state index in [1.54, 1.807) is 0 Å². The molecule has 0 bridgehead atoms. The van der Waals surface area contributed by atoms with Crippen LogP contribution in [0.2, 0.25) is 0 Å². The lowest BCUT2D eigenvalue weighted by molar-refractivity contribution is 0.851. The van der Waals surface area contributed by atoms with Crippen LogP contribution in [0.5, 0.6) is 0 Å². The lowest BCUT2D eigenvalue weighted by atomic mass is 9.98. The first-order valence-corrected chi connectivity index (χ1v) is 6.53. The van der Waals surface area contributed by atoms with E-state index >= 15 is 0 Å². The normalized spacial score (nSPS) is 11.5. The highest BCUT2D eigenvalue weighted by molar-refractivity contribution is 5.63. The van der Waals surface area contributed by atoms with Crippen molar-refractivity contribution >= 4 is 5.57 Å². The van der Waals surface area contributed by atoms with Crippen molar-refractivity contribution < 1.29 is 0 Å². The molecule has 2 rings (SSSR count).